The molecule has 9 heteroatoms. The lowest BCUT2D eigenvalue weighted by atomic mass is 10.1. The average Bonchev–Trinajstić information content (AvgIpc) is 2.62. The first-order valence-electron chi connectivity index (χ1n) is 9.13. The molecule has 0 aliphatic carbocycles. The monoisotopic (exact) mass is 399 g/mol. The average molecular weight is 399 g/mol. The number of benzene rings is 1. The topological polar surface area (TPSA) is 71.1 Å². The first-order valence-corrected chi connectivity index (χ1v) is 9.13. The van der Waals surface area contributed by atoms with E-state index in [1.165, 1.54) is 13.2 Å². The lowest BCUT2D eigenvalue weighted by molar-refractivity contribution is -0.130. The molecular formula is C19H27F2N3O4. The van der Waals surface area contributed by atoms with Crippen molar-refractivity contribution in [1.29, 1.82) is 0 Å². The maximum Gasteiger partial charge on any atom is 0.387 e. The molecule has 1 fully saturated rings. The van der Waals surface area contributed by atoms with Gasteiger partial charge in [-0.25, -0.2) is 0 Å². The Labute approximate surface area is 163 Å². The van der Waals surface area contributed by atoms with Crippen LogP contribution in [0.5, 0.6) is 11.5 Å². The van der Waals surface area contributed by atoms with Crippen molar-refractivity contribution in [3.63, 3.8) is 0 Å². The second-order valence-corrected chi connectivity index (χ2v) is 6.88. The third kappa shape index (κ3) is 6.63. The van der Waals surface area contributed by atoms with Gasteiger partial charge in [0.05, 0.1) is 13.7 Å². The van der Waals surface area contributed by atoms with Gasteiger partial charge in [0.25, 0.3) is 0 Å². The molecule has 7 nitrogen and oxygen atoms in total. The molecule has 1 saturated heterocycles. The summed E-state index contributed by atoms with van der Waals surface area (Å²) in [6, 6.07) is 4.77. The molecule has 0 saturated carbocycles. The number of nitrogens with zero attached hydrogens (tertiary/aromatic N) is 2. The number of methoxy groups -OCH3 is 1. The van der Waals surface area contributed by atoms with E-state index in [-0.39, 0.29) is 35.9 Å². The molecule has 2 amide bonds. The fraction of sp³-hybridized carbons (Fsp3) is 0.579. The third-order valence-electron chi connectivity index (χ3n) is 4.62. The van der Waals surface area contributed by atoms with Crippen molar-refractivity contribution in [2.45, 2.75) is 39.0 Å². The van der Waals surface area contributed by atoms with Crippen LogP contribution in [0.25, 0.3) is 0 Å². The molecule has 0 bridgehead atoms. The summed E-state index contributed by atoms with van der Waals surface area (Å²) in [4.78, 5) is 27.2. The van der Waals surface area contributed by atoms with Gasteiger partial charge >= 0.3 is 6.61 Å². The highest BCUT2D eigenvalue weighted by molar-refractivity contribution is 5.78. The molecule has 1 aromatic carbocycles. The zero-order chi connectivity index (χ0) is 20.7. The van der Waals surface area contributed by atoms with Crippen LogP contribution in [0.15, 0.2) is 18.2 Å². The predicted octanol–water partition coefficient (Wildman–Crippen LogP) is 1.86. The Balaban J connectivity index is 1.82. The molecule has 0 spiro atoms. The minimum atomic E-state index is -2.92. The molecular weight excluding hydrogens is 372 g/mol. The molecule has 0 aromatic heterocycles. The summed E-state index contributed by atoms with van der Waals surface area (Å²) in [7, 11) is 3.18. The van der Waals surface area contributed by atoms with Crippen molar-refractivity contribution in [3.8, 4) is 11.5 Å². The fourth-order valence-corrected chi connectivity index (χ4v) is 3.23. The molecule has 156 valence electrons. The smallest absolute Gasteiger partial charge is 0.387 e. The van der Waals surface area contributed by atoms with Gasteiger partial charge in [0, 0.05) is 32.6 Å². The van der Waals surface area contributed by atoms with E-state index in [2.05, 4.69) is 10.1 Å². The molecule has 1 aliphatic rings. The Morgan fingerprint density at radius 3 is 2.54 bits per heavy atom. The number of halogens is 2. The fourth-order valence-electron chi connectivity index (χ4n) is 3.23. The number of likely N-dealkylation sites (tertiary alicyclic amines) is 1. The van der Waals surface area contributed by atoms with Crippen LogP contribution < -0.4 is 14.8 Å². The summed E-state index contributed by atoms with van der Waals surface area (Å²) >= 11 is 0. The van der Waals surface area contributed by atoms with Crippen LogP contribution >= 0.6 is 0 Å². The van der Waals surface area contributed by atoms with Crippen LogP contribution in [0, 0.1) is 0 Å². The maximum absolute atomic E-state index is 12.4. The van der Waals surface area contributed by atoms with Gasteiger partial charge in [-0.05, 0) is 37.6 Å². The number of alkyl halides is 2. The van der Waals surface area contributed by atoms with E-state index in [1.807, 2.05) is 4.90 Å². The van der Waals surface area contributed by atoms with Gasteiger partial charge in [-0.1, -0.05) is 6.07 Å². The number of carbonyl (C=O) groups is 2. The highest BCUT2D eigenvalue weighted by Crippen LogP contribution is 2.29. The lowest BCUT2D eigenvalue weighted by Gasteiger charge is -2.32. The number of amides is 2. The van der Waals surface area contributed by atoms with Crippen molar-refractivity contribution in [2.24, 2.45) is 0 Å². The Morgan fingerprint density at radius 2 is 1.96 bits per heavy atom. The predicted molar refractivity (Wildman–Crippen MR) is 99.4 cm³/mol. The van der Waals surface area contributed by atoms with Crippen LogP contribution in [0.1, 0.15) is 25.3 Å². The van der Waals surface area contributed by atoms with Crippen molar-refractivity contribution >= 4 is 11.8 Å². The minimum absolute atomic E-state index is 0.0291. The Hall–Kier alpha value is -2.42. The van der Waals surface area contributed by atoms with E-state index < -0.39 is 6.61 Å². The maximum atomic E-state index is 12.4. The van der Waals surface area contributed by atoms with Gasteiger partial charge in [0.15, 0.2) is 11.5 Å². The number of likely N-dealkylation sites (N-methyl/N-ethyl adjacent to an activating group) is 1. The molecule has 0 unspecified atom stereocenters. The van der Waals surface area contributed by atoms with Gasteiger partial charge in [0.1, 0.15) is 0 Å². The number of hydrogen-bond donors (Lipinski definition) is 1. The van der Waals surface area contributed by atoms with Gasteiger partial charge in [-0.2, -0.15) is 8.78 Å². The van der Waals surface area contributed by atoms with E-state index in [1.54, 1.807) is 31.0 Å². The second-order valence-electron chi connectivity index (χ2n) is 6.88. The van der Waals surface area contributed by atoms with E-state index in [0.29, 0.717) is 19.6 Å². The molecule has 28 heavy (non-hydrogen) atoms. The van der Waals surface area contributed by atoms with E-state index in [4.69, 9.17) is 4.74 Å². The molecule has 0 radical (unpaired) electrons. The zero-order valence-corrected chi connectivity index (χ0v) is 16.4. The van der Waals surface area contributed by atoms with E-state index in [9.17, 15) is 18.4 Å². The summed E-state index contributed by atoms with van der Waals surface area (Å²) in [6.07, 6.45) is 1.50. The molecule has 1 heterocycles. The first-order chi connectivity index (χ1) is 13.3. The van der Waals surface area contributed by atoms with Gasteiger partial charge < -0.3 is 19.7 Å². The first kappa shape index (κ1) is 21.9. The molecule has 1 aliphatic heterocycles. The van der Waals surface area contributed by atoms with Crippen molar-refractivity contribution in [3.05, 3.63) is 23.8 Å². The number of rotatable bonds is 8. The van der Waals surface area contributed by atoms with Crippen LogP contribution in [-0.4, -0.2) is 68.1 Å². The standard InChI is InChI=1S/C19H27F2N3O4/c1-13(25)24-8-6-15(7-9-24)22-18(26)12-23(2)11-14-4-5-16(28-19(20)21)17(10-14)27-3/h4-5,10,15,19H,6-9,11-12H2,1-3H3,(H,22,26). The summed E-state index contributed by atoms with van der Waals surface area (Å²) < 4.78 is 34.3. The lowest BCUT2D eigenvalue weighted by Crippen LogP contribution is -2.47. The Bertz CT molecular complexity index is 679. The van der Waals surface area contributed by atoms with Crippen molar-refractivity contribution in [2.75, 3.05) is 33.8 Å². The summed E-state index contributed by atoms with van der Waals surface area (Å²) in [5, 5.41) is 3.00. The van der Waals surface area contributed by atoms with Crippen LogP contribution in [0.2, 0.25) is 0 Å². The van der Waals surface area contributed by atoms with Gasteiger partial charge in [-0.15, -0.1) is 0 Å². The van der Waals surface area contributed by atoms with Gasteiger partial charge in [-0.3, -0.25) is 14.5 Å². The number of nitrogens with one attached hydrogen (secondary N) is 1. The SMILES string of the molecule is COc1cc(CN(C)CC(=O)NC2CCN(C(C)=O)CC2)ccc1OC(F)F. The van der Waals surface area contributed by atoms with E-state index in [0.717, 1.165) is 18.4 Å². The highest BCUT2D eigenvalue weighted by atomic mass is 19.3. The van der Waals surface area contributed by atoms with E-state index >= 15 is 0 Å². The number of piperidine rings is 1. The summed E-state index contributed by atoms with van der Waals surface area (Å²) in [5.41, 5.74) is 0.809. The molecule has 1 N–H and O–H groups in total. The molecule has 0 atom stereocenters. The third-order valence-corrected chi connectivity index (χ3v) is 4.62. The Kier molecular flexibility index (Phi) is 7.98. The molecule has 2 rings (SSSR count). The van der Waals surface area contributed by atoms with Crippen molar-refractivity contribution < 1.29 is 27.8 Å². The summed E-state index contributed by atoms with van der Waals surface area (Å²) in [5.74, 6) is 0.157. The normalized spacial score (nSPS) is 15.0. The zero-order valence-electron chi connectivity index (χ0n) is 16.4. The molecule has 1 aromatic rings. The number of hydrogen-bond acceptors (Lipinski definition) is 5. The van der Waals surface area contributed by atoms with Crippen molar-refractivity contribution in [1.82, 2.24) is 15.1 Å². The van der Waals surface area contributed by atoms with Crippen LogP contribution in [0.4, 0.5) is 8.78 Å². The Morgan fingerprint density at radius 1 is 1.29 bits per heavy atom. The largest absolute Gasteiger partial charge is 0.493 e. The van der Waals surface area contributed by atoms with Crippen LogP contribution in [-0.2, 0) is 16.1 Å². The number of ether oxygens (including phenoxy) is 2. The number of carbonyl (C=O) groups excluding carboxylic acids is 2. The quantitative estimate of drug-likeness (QED) is 0.723. The second kappa shape index (κ2) is 10.2. The minimum Gasteiger partial charge on any atom is -0.493 e. The van der Waals surface area contributed by atoms with Crippen LogP contribution in [0.3, 0.4) is 0 Å². The van der Waals surface area contributed by atoms with Gasteiger partial charge in [0.2, 0.25) is 11.8 Å². The summed E-state index contributed by atoms with van der Waals surface area (Å²) in [6.45, 7) is 0.584. The highest BCUT2D eigenvalue weighted by Gasteiger charge is 2.22.